The Kier molecular flexibility index (Phi) is 3.56. The highest BCUT2D eigenvalue weighted by Gasteiger charge is 2.16. The van der Waals surface area contributed by atoms with Gasteiger partial charge >= 0.3 is 5.69 Å². The van der Waals surface area contributed by atoms with Gasteiger partial charge < -0.3 is 9.97 Å². The molecule has 0 aliphatic rings. The second-order valence-electron chi connectivity index (χ2n) is 4.72. The van der Waals surface area contributed by atoms with Crippen LogP contribution in [0.15, 0.2) is 45.7 Å². The van der Waals surface area contributed by atoms with E-state index in [1.54, 1.807) is 0 Å². The van der Waals surface area contributed by atoms with Crippen LogP contribution in [0.1, 0.15) is 21.5 Å². The summed E-state index contributed by atoms with van der Waals surface area (Å²) >= 11 is 7.34. The average Bonchev–Trinajstić information content (AvgIpc) is 2.76. The molecule has 1 heterocycles. The zero-order valence-corrected chi connectivity index (χ0v) is 13.9. The van der Waals surface area contributed by atoms with Crippen LogP contribution >= 0.6 is 31.9 Å². The van der Waals surface area contributed by atoms with Gasteiger partial charge in [0.25, 0.3) is 0 Å². The van der Waals surface area contributed by atoms with E-state index in [0.717, 1.165) is 21.1 Å². The molecule has 0 aliphatic heterocycles. The Morgan fingerprint density at radius 3 is 2.40 bits per heavy atom. The van der Waals surface area contributed by atoms with Gasteiger partial charge in [0.15, 0.2) is 0 Å². The SMILES string of the molecule is Cc1ccccc1C(Br)c1cc2[nH]c(=O)[nH]c2cc1Br. The third-order valence-corrected chi connectivity index (χ3v) is 5.04. The molecule has 102 valence electrons. The Balaban J connectivity index is 2.16. The summed E-state index contributed by atoms with van der Waals surface area (Å²) in [6, 6.07) is 12.2. The van der Waals surface area contributed by atoms with Gasteiger partial charge in [0.2, 0.25) is 0 Å². The van der Waals surface area contributed by atoms with E-state index >= 15 is 0 Å². The largest absolute Gasteiger partial charge is 0.323 e. The minimum absolute atomic E-state index is 0.0703. The van der Waals surface area contributed by atoms with Gasteiger partial charge in [0, 0.05) is 4.47 Å². The fourth-order valence-electron chi connectivity index (χ4n) is 2.31. The Morgan fingerprint density at radius 2 is 1.70 bits per heavy atom. The Labute approximate surface area is 132 Å². The first-order valence-electron chi connectivity index (χ1n) is 6.17. The van der Waals surface area contributed by atoms with Crippen molar-refractivity contribution in [2.75, 3.05) is 0 Å². The maximum Gasteiger partial charge on any atom is 0.323 e. The van der Waals surface area contributed by atoms with Crippen LogP contribution in [-0.4, -0.2) is 9.97 Å². The number of imidazole rings is 1. The molecule has 1 aromatic heterocycles. The van der Waals surface area contributed by atoms with Gasteiger partial charge in [0.1, 0.15) is 0 Å². The van der Waals surface area contributed by atoms with E-state index in [2.05, 4.69) is 60.9 Å². The fraction of sp³-hybridized carbons (Fsp3) is 0.133. The molecule has 0 saturated heterocycles. The number of aryl methyl sites for hydroxylation is 1. The van der Waals surface area contributed by atoms with Crippen LogP contribution in [0.2, 0.25) is 0 Å². The first kappa shape index (κ1) is 13.6. The standard InChI is InChI=1S/C15H12Br2N2O/c1-8-4-2-3-5-9(8)14(17)10-6-12-13(7-11(10)16)19-15(20)18-12/h2-7,14H,1H3,(H2,18,19,20). The number of halogens is 2. The number of rotatable bonds is 2. The summed E-state index contributed by atoms with van der Waals surface area (Å²) in [7, 11) is 0. The van der Waals surface area contributed by atoms with Crippen molar-refractivity contribution >= 4 is 42.9 Å². The molecule has 0 bridgehead atoms. The summed E-state index contributed by atoms with van der Waals surface area (Å²) in [5, 5.41) is 0. The minimum atomic E-state index is -0.189. The summed E-state index contributed by atoms with van der Waals surface area (Å²) in [6.07, 6.45) is 0. The molecular weight excluding hydrogens is 384 g/mol. The number of H-pyrrole nitrogens is 2. The predicted molar refractivity (Wildman–Crippen MR) is 88.6 cm³/mol. The lowest BCUT2D eigenvalue weighted by atomic mass is 10.0. The minimum Gasteiger partial charge on any atom is -0.306 e. The normalized spacial score (nSPS) is 12.8. The van der Waals surface area contributed by atoms with Crippen molar-refractivity contribution in [2.24, 2.45) is 0 Å². The van der Waals surface area contributed by atoms with Crippen LogP contribution in [0, 0.1) is 6.92 Å². The van der Waals surface area contributed by atoms with Crippen LogP contribution in [0.4, 0.5) is 0 Å². The highest BCUT2D eigenvalue weighted by atomic mass is 79.9. The van der Waals surface area contributed by atoms with Crippen molar-refractivity contribution in [3.05, 3.63) is 68.0 Å². The van der Waals surface area contributed by atoms with Gasteiger partial charge in [0.05, 0.1) is 15.9 Å². The first-order chi connectivity index (χ1) is 9.56. The lowest BCUT2D eigenvalue weighted by molar-refractivity contribution is 1.14. The molecule has 0 spiro atoms. The third-order valence-electron chi connectivity index (χ3n) is 3.37. The lowest BCUT2D eigenvalue weighted by Crippen LogP contribution is -1.99. The molecule has 0 saturated carbocycles. The number of benzene rings is 2. The molecule has 1 atom stereocenters. The van der Waals surface area contributed by atoms with Gasteiger partial charge in [-0.15, -0.1) is 0 Å². The van der Waals surface area contributed by atoms with E-state index < -0.39 is 0 Å². The smallest absolute Gasteiger partial charge is 0.306 e. The predicted octanol–water partition coefficient (Wildman–Crippen LogP) is 4.41. The Hall–Kier alpha value is -1.33. The lowest BCUT2D eigenvalue weighted by Gasteiger charge is -2.15. The van der Waals surface area contributed by atoms with E-state index in [0.29, 0.717) is 0 Å². The van der Waals surface area contributed by atoms with E-state index in [4.69, 9.17) is 0 Å². The number of nitrogens with one attached hydrogen (secondary N) is 2. The number of hydrogen-bond acceptors (Lipinski definition) is 1. The molecule has 1 unspecified atom stereocenters. The van der Waals surface area contributed by atoms with Crippen LogP contribution in [-0.2, 0) is 0 Å². The molecule has 5 heteroatoms. The van der Waals surface area contributed by atoms with Crippen molar-refractivity contribution in [3.8, 4) is 0 Å². The molecule has 3 nitrogen and oxygen atoms in total. The van der Waals surface area contributed by atoms with Crippen molar-refractivity contribution < 1.29 is 0 Å². The van der Waals surface area contributed by atoms with Crippen LogP contribution in [0.3, 0.4) is 0 Å². The van der Waals surface area contributed by atoms with E-state index in [1.807, 2.05) is 24.3 Å². The van der Waals surface area contributed by atoms with Crippen LogP contribution in [0.5, 0.6) is 0 Å². The third kappa shape index (κ3) is 2.36. The molecule has 3 rings (SSSR count). The molecule has 0 radical (unpaired) electrons. The average molecular weight is 396 g/mol. The molecule has 3 aromatic rings. The summed E-state index contributed by atoms with van der Waals surface area (Å²) < 4.78 is 0.963. The number of alkyl halides is 1. The zero-order valence-electron chi connectivity index (χ0n) is 10.7. The molecule has 20 heavy (non-hydrogen) atoms. The monoisotopic (exact) mass is 394 g/mol. The van der Waals surface area contributed by atoms with Gasteiger partial charge in [-0.2, -0.15) is 0 Å². The highest BCUT2D eigenvalue weighted by Crippen LogP contribution is 2.38. The quantitative estimate of drug-likeness (QED) is 0.620. The van der Waals surface area contributed by atoms with Crippen molar-refractivity contribution in [1.29, 1.82) is 0 Å². The van der Waals surface area contributed by atoms with Crippen molar-refractivity contribution in [2.45, 2.75) is 11.8 Å². The summed E-state index contributed by atoms with van der Waals surface area (Å²) in [4.78, 5) is 17.0. The second kappa shape index (κ2) is 5.22. The van der Waals surface area contributed by atoms with Gasteiger partial charge in [-0.1, -0.05) is 56.1 Å². The topological polar surface area (TPSA) is 48.6 Å². The molecule has 0 amide bonds. The van der Waals surface area contributed by atoms with E-state index in [9.17, 15) is 4.79 Å². The van der Waals surface area contributed by atoms with E-state index in [1.165, 1.54) is 11.1 Å². The number of aromatic nitrogens is 2. The second-order valence-corrected chi connectivity index (χ2v) is 6.49. The molecule has 2 N–H and O–H groups in total. The number of fused-ring (bicyclic) bond motifs is 1. The summed E-state index contributed by atoms with van der Waals surface area (Å²) in [6.45, 7) is 2.09. The molecular formula is C15H12Br2N2O. The Bertz CT molecular complexity index is 835. The van der Waals surface area contributed by atoms with Gasteiger partial charge in [-0.05, 0) is 35.7 Å². The first-order valence-corrected chi connectivity index (χ1v) is 7.88. The van der Waals surface area contributed by atoms with Crippen molar-refractivity contribution in [3.63, 3.8) is 0 Å². The summed E-state index contributed by atoms with van der Waals surface area (Å²) in [5.74, 6) is 0. The Morgan fingerprint density at radius 1 is 1.05 bits per heavy atom. The molecule has 2 aromatic carbocycles. The fourth-order valence-corrected chi connectivity index (χ4v) is 4.08. The molecule has 0 aliphatic carbocycles. The highest BCUT2D eigenvalue weighted by molar-refractivity contribution is 9.11. The van der Waals surface area contributed by atoms with Gasteiger partial charge in [-0.25, -0.2) is 4.79 Å². The van der Waals surface area contributed by atoms with Gasteiger partial charge in [-0.3, -0.25) is 0 Å². The van der Waals surface area contributed by atoms with E-state index in [-0.39, 0.29) is 10.5 Å². The van der Waals surface area contributed by atoms with Crippen molar-refractivity contribution in [1.82, 2.24) is 9.97 Å². The maximum absolute atomic E-state index is 11.4. The maximum atomic E-state index is 11.4. The zero-order chi connectivity index (χ0) is 14.3. The number of hydrogen-bond donors (Lipinski definition) is 2. The van der Waals surface area contributed by atoms with Crippen LogP contribution < -0.4 is 5.69 Å². The summed E-state index contributed by atoms with van der Waals surface area (Å²) in [5.41, 5.74) is 4.95. The number of aromatic amines is 2. The van der Waals surface area contributed by atoms with Crippen LogP contribution in [0.25, 0.3) is 11.0 Å². The molecule has 0 fully saturated rings.